The average Bonchev–Trinajstić information content (AvgIpc) is 2.80. The lowest BCUT2D eigenvalue weighted by Crippen LogP contribution is -2.29. The number of halogens is 1. The van der Waals surface area contributed by atoms with E-state index in [9.17, 15) is 4.79 Å². The maximum absolute atomic E-state index is 15.2. The van der Waals surface area contributed by atoms with Crippen LogP contribution in [0.5, 0.6) is 0 Å². The molecule has 1 heterocycles. The zero-order chi connectivity index (χ0) is 22.7. The molecule has 4 rings (SSSR count). The van der Waals surface area contributed by atoms with Crippen LogP contribution in [0, 0.1) is 5.82 Å². The van der Waals surface area contributed by atoms with Gasteiger partial charge in [-0.2, -0.15) is 0 Å². The van der Waals surface area contributed by atoms with Crippen molar-refractivity contribution < 1.29 is 13.9 Å². The van der Waals surface area contributed by atoms with Crippen LogP contribution >= 0.6 is 0 Å². The minimum atomic E-state index is -0.365. The largest absolute Gasteiger partial charge is 0.469 e. The molecule has 0 aromatic heterocycles. The molecule has 2 N–H and O–H groups in total. The first-order valence-electron chi connectivity index (χ1n) is 11.0. The van der Waals surface area contributed by atoms with Crippen molar-refractivity contribution in [2.45, 2.75) is 38.8 Å². The van der Waals surface area contributed by atoms with E-state index in [0.29, 0.717) is 17.7 Å². The van der Waals surface area contributed by atoms with Gasteiger partial charge in [0.25, 0.3) is 0 Å². The number of fused-ring (bicyclic) bond motifs is 1. The lowest BCUT2D eigenvalue weighted by atomic mass is 9.94. The number of ether oxygens (including phenoxy) is 1. The molecule has 5 heteroatoms. The van der Waals surface area contributed by atoms with Crippen molar-refractivity contribution in [2.24, 2.45) is 5.73 Å². The summed E-state index contributed by atoms with van der Waals surface area (Å²) in [6, 6.07) is 19.2. The topological polar surface area (TPSA) is 55.6 Å². The molecule has 0 amide bonds. The molecule has 166 valence electrons. The number of methoxy groups -OCH3 is 1. The zero-order valence-corrected chi connectivity index (χ0v) is 18.6. The van der Waals surface area contributed by atoms with Crippen molar-refractivity contribution in [3.8, 4) is 11.1 Å². The van der Waals surface area contributed by atoms with Gasteiger partial charge in [0.2, 0.25) is 0 Å². The Bertz CT molecular complexity index is 1130. The van der Waals surface area contributed by atoms with Gasteiger partial charge in [0.15, 0.2) is 0 Å². The van der Waals surface area contributed by atoms with E-state index in [1.54, 1.807) is 13.0 Å². The monoisotopic (exact) mass is 432 g/mol. The van der Waals surface area contributed by atoms with Crippen LogP contribution in [-0.4, -0.2) is 19.6 Å². The number of nitrogens with two attached hydrogens (primary N) is 1. The Labute approximate surface area is 188 Å². The summed E-state index contributed by atoms with van der Waals surface area (Å²) in [5.41, 5.74) is 12.3. The van der Waals surface area contributed by atoms with Gasteiger partial charge in [-0.15, -0.1) is 0 Å². The van der Waals surface area contributed by atoms with Crippen LogP contribution in [-0.2, 0) is 28.9 Å². The molecule has 3 aromatic rings. The fraction of sp³-hybridized carbons (Fsp3) is 0.296. The fourth-order valence-corrected chi connectivity index (χ4v) is 4.42. The Hall–Kier alpha value is -3.18. The van der Waals surface area contributed by atoms with E-state index in [-0.39, 0.29) is 24.2 Å². The van der Waals surface area contributed by atoms with Crippen LogP contribution in [0.3, 0.4) is 0 Å². The Morgan fingerprint density at radius 1 is 1.12 bits per heavy atom. The summed E-state index contributed by atoms with van der Waals surface area (Å²) >= 11 is 0. The molecule has 0 saturated heterocycles. The van der Waals surface area contributed by atoms with Crippen molar-refractivity contribution in [1.82, 2.24) is 0 Å². The Balaban J connectivity index is 1.68. The van der Waals surface area contributed by atoms with Crippen molar-refractivity contribution in [3.05, 3.63) is 88.7 Å². The highest BCUT2D eigenvalue weighted by molar-refractivity contribution is 5.74. The molecule has 1 atom stereocenters. The predicted molar refractivity (Wildman–Crippen MR) is 126 cm³/mol. The minimum Gasteiger partial charge on any atom is -0.469 e. The number of esters is 1. The molecule has 0 aliphatic carbocycles. The first-order valence-corrected chi connectivity index (χ1v) is 11.0. The maximum atomic E-state index is 15.2. The number of aryl methyl sites for hydroxylation is 1. The summed E-state index contributed by atoms with van der Waals surface area (Å²) in [5.74, 6) is -0.503. The molecule has 1 aliphatic rings. The summed E-state index contributed by atoms with van der Waals surface area (Å²) < 4.78 is 20.0. The molecule has 4 nitrogen and oxygen atoms in total. The van der Waals surface area contributed by atoms with Gasteiger partial charge in [0.1, 0.15) is 5.82 Å². The third kappa shape index (κ3) is 4.53. The highest BCUT2D eigenvalue weighted by Gasteiger charge is 2.21. The molecule has 0 radical (unpaired) electrons. The van der Waals surface area contributed by atoms with Gasteiger partial charge < -0.3 is 15.4 Å². The second kappa shape index (κ2) is 9.53. The molecule has 0 bridgehead atoms. The van der Waals surface area contributed by atoms with Crippen LogP contribution in [0.4, 0.5) is 10.1 Å². The van der Waals surface area contributed by atoms with E-state index in [1.165, 1.54) is 12.7 Å². The standard InChI is InChI=1S/C27H29FN2O2/c1-18(29)23-10-5-11-24(27(23)28)21-13-12-19-9-6-14-30(25(19)15-21)17-22-8-4-3-7-20(22)16-26(31)32-2/h3-5,7-8,10-13,15,18H,6,9,14,16-17,29H2,1-2H3. The van der Waals surface area contributed by atoms with Gasteiger partial charge in [-0.05, 0) is 48.1 Å². The van der Waals surface area contributed by atoms with Gasteiger partial charge >= 0.3 is 5.97 Å². The van der Waals surface area contributed by atoms with Crippen molar-refractivity contribution in [2.75, 3.05) is 18.6 Å². The molecule has 1 aliphatic heterocycles. The number of rotatable bonds is 6. The minimum absolute atomic E-state index is 0.247. The Kier molecular flexibility index (Phi) is 6.56. The predicted octanol–water partition coefficient (Wildman–Crippen LogP) is 5.18. The number of hydrogen-bond acceptors (Lipinski definition) is 4. The van der Waals surface area contributed by atoms with Crippen LogP contribution in [0.15, 0.2) is 60.7 Å². The van der Waals surface area contributed by atoms with Crippen molar-refractivity contribution >= 4 is 11.7 Å². The smallest absolute Gasteiger partial charge is 0.309 e. The van der Waals surface area contributed by atoms with E-state index in [4.69, 9.17) is 10.5 Å². The van der Waals surface area contributed by atoms with Crippen LogP contribution in [0.25, 0.3) is 11.1 Å². The molecule has 0 fully saturated rings. The molecule has 0 spiro atoms. The lowest BCUT2D eigenvalue weighted by Gasteiger charge is -2.32. The number of carbonyl (C=O) groups excluding carboxylic acids is 1. The second-order valence-corrected chi connectivity index (χ2v) is 8.39. The number of carbonyl (C=O) groups is 1. The SMILES string of the molecule is COC(=O)Cc1ccccc1CN1CCCc2ccc(-c3cccc(C(C)N)c3F)cc21. The normalized spacial score (nSPS) is 14.1. The van der Waals surface area contributed by atoms with E-state index in [1.807, 2.05) is 36.4 Å². The van der Waals surface area contributed by atoms with Crippen LogP contribution < -0.4 is 10.6 Å². The highest BCUT2D eigenvalue weighted by atomic mass is 19.1. The summed E-state index contributed by atoms with van der Waals surface area (Å²) in [4.78, 5) is 14.2. The third-order valence-corrected chi connectivity index (χ3v) is 6.17. The average molecular weight is 433 g/mol. The van der Waals surface area contributed by atoms with Gasteiger partial charge in [-0.1, -0.05) is 54.6 Å². The van der Waals surface area contributed by atoms with Crippen molar-refractivity contribution in [1.29, 1.82) is 0 Å². The number of benzene rings is 3. The first-order chi connectivity index (χ1) is 15.5. The van der Waals surface area contributed by atoms with Gasteiger partial charge in [-0.3, -0.25) is 4.79 Å². The third-order valence-electron chi connectivity index (χ3n) is 6.17. The zero-order valence-electron chi connectivity index (χ0n) is 18.6. The number of anilines is 1. The summed E-state index contributed by atoms with van der Waals surface area (Å²) in [6.07, 6.45) is 2.31. The molecular formula is C27H29FN2O2. The number of hydrogen-bond donors (Lipinski definition) is 1. The Morgan fingerprint density at radius 2 is 1.91 bits per heavy atom. The number of nitrogens with zero attached hydrogens (tertiary/aromatic N) is 1. The maximum Gasteiger partial charge on any atom is 0.309 e. The fourth-order valence-electron chi connectivity index (χ4n) is 4.42. The quantitative estimate of drug-likeness (QED) is 0.545. The first kappa shape index (κ1) is 22.0. The van der Waals surface area contributed by atoms with E-state index < -0.39 is 0 Å². The van der Waals surface area contributed by atoms with Crippen LogP contribution in [0.1, 0.15) is 41.6 Å². The molecule has 1 unspecified atom stereocenters. The summed E-state index contributed by atoms with van der Waals surface area (Å²) in [7, 11) is 1.41. The molecule has 0 saturated carbocycles. The lowest BCUT2D eigenvalue weighted by molar-refractivity contribution is -0.139. The van der Waals surface area contributed by atoms with Crippen molar-refractivity contribution in [3.63, 3.8) is 0 Å². The molecule has 32 heavy (non-hydrogen) atoms. The van der Waals surface area contributed by atoms with Gasteiger partial charge in [-0.25, -0.2) is 4.39 Å². The van der Waals surface area contributed by atoms with Gasteiger partial charge in [0.05, 0.1) is 13.5 Å². The van der Waals surface area contributed by atoms with E-state index in [2.05, 4.69) is 23.1 Å². The summed E-state index contributed by atoms with van der Waals surface area (Å²) in [6.45, 7) is 3.39. The molecule has 3 aromatic carbocycles. The summed E-state index contributed by atoms with van der Waals surface area (Å²) in [5, 5.41) is 0. The Morgan fingerprint density at radius 3 is 2.66 bits per heavy atom. The van der Waals surface area contributed by atoms with E-state index >= 15 is 4.39 Å². The highest BCUT2D eigenvalue weighted by Crippen LogP contribution is 2.35. The van der Waals surface area contributed by atoms with Crippen LogP contribution in [0.2, 0.25) is 0 Å². The molecular weight excluding hydrogens is 403 g/mol. The van der Waals surface area contributed by atoms with E-state index in [0.717, 1.165) is 41.8 Å². The second-order valence-electron chi connectivity index (χ2n) is 8.39. The van der Waals surface area contributed by atoms with Gasteiger partial charge in [0, 0.05) is 35.9 Å².